The summed E-state index contributed by atoms with van der Waals surface area (Å²) in [6.07, 6.45) is 0. The first-order chi connectivity index (χ1) is 16.3. The second-order valence-electron chi connectivity index (χ2n) is 7.21. The van der Waals surface area contributed by atoms with E-state index in [1.54, 1.807) is 61.5 Å². The molecule has 0 saturated carbocycles. The van der Waals surface area contributed by atoms with Crippen molar-refractivity contribution in [2.45, 2.75) is 17.1 Å². The minimum atomic E-state index is -0.525. The summed E-state index contributed by atoms with van der Waals surface area (Å²) in [5.41, 5.74) is 7.07. The van der Waals surface area contributed by atoms with Crippen LogP contribution in [0.4, 0.5) is 11.4 Å². The van der Waals surface area contributed by atoms with Crippen LogP contribution in [0.25, 0.3) is 0 Å². The van der Waals surface area contributed by atoms with Gasteiger partial charge >= 0.3 is 0 Å². The average Bonchev–Trinajstić information content (AvgIpc) is 2.84. The van der Waals surface area contributed by atoms with Gasteiger partial charge < -0.3 is 25.8 Å². The van der Waals surface area contributed by atoms with Gasteiger partial charge in [0.05, 0.1) is 19.5 Å². The van der Waals surface area contributed by atoms with Crippen molar-refractivity contribution in [2.75, 3.05) is 24.9 Å². The molecule has 0 heterocycles. The van der Waals surface area contributed by atoms with Gasteiger partial charge in [-0.3, -0.25) is 14.4 Å². The molecule has 0 aliphatic carbocycles. The number of methoxy groups -OCH3 is 2. The second kappa shape index (κ2) is 11.2. The molecule has 34 heavy (non-hydrogen) atoms. The van der Waals surface area contributed by atoms with Crippen molar-refractivity contribution in [1.29, 1.82) is 0 Å². The van der Waals surface area contributed by atoms with Crippen LogP contribution in [0.1, 0.15) is 27.6 Å². The van der Waals surface area contributed by atoms with Crippen LogP contribution in [0.2, 0.25) is 0 Å². The third-order valence-corrected chi connectivity index (χ3v) is 6.00. The zero-order valence-electron chi connectivity index (χ0n) is 19.0. The molecule has 0 bridgehead atoms. The van der Waals surface area contributed by atoms with Gasteiger partial charge in [0, 0.05) is 21.8 Å². The summed E-state index contributed by atoms with van der Waals surface area (Å²) in [5.74, 6) is -0.244. The maximum absolute atomic E-state index is 12.8. The van der Waals surface area contributed by atoms with Crippen molar-refractivity contribution in [3.05, 3.63) is 77.9 Å². The molecule has 3 amide bonds. The number of carbonyl (C=O) groups is 3. The molecule has 0 fully saturated rings. The summed E-state index contributed by atoms with van der Waals surface area (Å²) in [6, 6.07) is 18.7. The monoisotopic (exact) mass is 479 g/mol. The molecule has 4 N–H and O–H groups in total. The number of hydrogen-bond acceptors (Lipinski definition) is 6. The lowest BCUT2D eigenvalue weighted by molar-refractivity contribution is -0.115. The smallest absolute Gasteiger partial charge is 0.263 e. The van der Waals surface area contributed by atoms with E-state index in [0.29, 0.717) is 34.0 Å². The van der Waals surface area contributed by atoms with Gasteiger partial charge in [0.2, 0.25) is 11.8 Å². The van der Waals surface area contributed by atoms with Gasteiger partial charge in [-0.05, 0) is 67.6 Å². The summed E-state index contributed by atoms with van der Waals surface area (Å²) in [4.78, 5) is 37.3. The molecule has 0 aliphatic heterocycles. The number of amides is 3. The largest absolute Gasteiger partial charge is 0.496 e. The maximum Gasteiger partial charge on any atom is 0.263 e. The fraction of sp³-hybridized carbons (Fsp3) is 0.160. The molecule has 3 rings (SSSR count). The van der Waals surface area contributed by atoms with Gasteiger partial charge in [-0.25, -0.2) is 0 Å². The molecule has 3 aromatic carbocycles. The highest BCUT2D eigenvalue weighted by Crippen LogP contribution is 2.30. The molecule has 0 radical (unpaired) electrons. The average molecular weight is 480 g/mol. The fourth-order valence-electron chi connectivity index (χ4n) is 3.10. The van der Waals surface area contributed by atoms with Crippen molar-refractivity contribution in [3.63, 3.8) is 0 Å². The Hall–Kier alpha value is -3.98. The Morgan fingerprint density at radius 1 is 0.824 bits per heavy atom. The van der Waals surface area contributed by atoms with Crippen molar-refractivity contribution in [2.24, 2.45) is 5.73 Å². The lowest BCUT2D eigenvalue weighted by Gasteiger charge is -2.14. The molecule has 1 unspecified atom stereocenters. The van der Waals surface area contributed by atoms with E-state index in [9.17, 15) is 14.4 Å². The predicted octanol–water partition coefficient (Wildman–Crippen LogP) is 4.17. The molecule has 9 heteroatoms. The van der Waals surface area contributed by atoms with Gasteiger partial charge in [-0.1, -0.05) is 6.07 Å². The first-order valence-electron chi connectivity index (χ1n) is 10.3. The number of anilines is 2. The number of carbonyl (C=O) groups excluding carboxylic acids is 3. The molecule has 1 atom stereocenters. The highest BCUT2D eigenvalue weighted by atomic mass is 32.2. The number of nitrogens with one attached hydrogen (secondary N) is 2. The molecule has 8 nitrogen and oxygen atoms in total. The normalized spacial score (nSPS) is 11.3. The number of benzene rings is 3. The topological polar surface area (TPSA) is 120 Å². The van der Waals surface area contributed by atoms with Crippen molar-refractivity contribution in [1.82, 2.24) is 0 Å². The maximum atomic E-state index is 12.8. The quantitative estimate of drug-likeness (QED) is 0.396. The van der Waals surface area contributed by atoms with E-state index >= 15 is 0 Å². The van der Waals surface area contributed by atoms with Crippen LogP contribution in [0, 0.1) is 0 Å². The molecule has 0 saturated heterocycles. The summed E-state index contributed by atoms with van der Waals surface area (Å²) < 4.78 is 10.6. The Labute approximate surface area is 201 Å². The Kier molecular flexibility index (Phi) is 8.15. The SMILES string of the molecule is COc1cccc(OC)c1C(=O)Nc1ccc(SC(C)C(=O)Nc2ccc(C(N)=O)cc2)cc1. The number of hydrogen-bond donors (Lipinski definition) is 3. The third kappa shape index (κ3) is 6.08. The van der Waals surface area contributed by atoms with Crippen LogP contribution in [0.5, 0.6) is 11.5 Å². The van der Waals surface area contributed by atoms with Crippen LogP contribution >= 0.6 is 11.8 Å². The Bertz CT molecular complexity index is 1160. The third-order valence-electron chi connectivity index (χ3n) is 4.89. The minimum Gasteiger partial charge on any atom is -0.496 e. The van der Waals surface area contributed by atoms with Crippen molar-refractivity contribution < 1.29 is 23.9 Å². The lowest BCUT2D eigenvalue weighted by Crippen LogP contribution is -2.22. The van der Waals surface area contributed by atoms with Crippen molar-refractivity contribution in [3.8, 4) is 11.5 Å². The Morgan fingerprint density at radius 2 is 1.35 bits per heavy atom. The minimum absolute atomic E-state index is 0.183. The van der Waals surface area contributed by atoms with E-state index in [1.165, 1.54) is 26.0 Å². The molecular weight excluding hydrogens is 454 g/mol. The zero-order chi connectivity index (χ0) is 24.7. The van der Waals surface area contributed by atoms with Crippen molar-refractivity contribution >= 4 is 40.9 Å². The molecule has 176 valence electrons. The van der Waals surface area contributed by atoms with Crippen LogP contribution in [0.15, 0.2) is 71.6 Å². The first kappa shape index (κ1) is 24.7. The number of nitrogens with two attached hydrogens (primary N) is 1. The van der Waals surface area contributed by atoms with E-state index in [2.05, 4.69) is 10.6 Å². The van der Waals surface area contributed by atoms with Gasteiger partial charge in [-0.2, -0.15) is 0 Å². The van der Waals surface area contributed by atoms with E-state index in [1.807, 2.05) is 12.1 Å². The first-order valence-corrected chi connectivity index (χ1v) is 11.2. The molecule has 0 spiro atoms. The number of ether oxygens (including phenoxy) is 2. The van der Waals surface area contributed by atoms with Crippen LogP contribution in [-0.4, -0.2) is 37.2 Å². The standard InChI is InChI=1S/C25H25N3O5S/c1-15(24(30)27-17-9-7-16(8-10-17)23(26)29)34-19-13-11-18(12-14-19)28-25(31)22-20(32-2)5-4-6-21(22)33-3/h4-15H,1-3H3,(H2,26,29)(H,27,30)(H,28,31). The lowest BCUT2D eigenvalue weighted by atomic mass is 10.1. The molecule has 0 aliphatic rings. The summed E-state index contributed by atoms with van der Waals surface area (Å²) in [5, 5.41) is 5.27. The van der Waals surface area contributed by atoms with E-state index in [4.69, 9.17) is 15.2 Å². The predicted molar refractivity (Wildman–Crippen MR) is 133 cm³/mol. The molecule has 3 aromatic rings. The number of rotatable bonds is 9. The van der Waals surface area contributed by atoms with Gasteiger partial charge in [0.25, 0.3) is 5.91 Å². The Morgan fingerprint density at radius 3 is 1.88 bits per heavy atom. The summed E-state index contributed by atoms with van der Waals surface area (Å²) in [7, 11) is 2.98. The van der Waals surface area contributed by atoms with Gasteiger partial charge in [0.15, 0.2) is 0 Å². The van der Waals surface area contributed by atoms with Crippen LogP contribution in [-0.2, 0) is 4.79 Å². The molecular formula is C25H25N3O5S. The van der Waals surface area contributed by atoms with Gasteiger partial charge in [-0.15, -0.1) is 11.8 Å². The summed E-state index contributed by atoms with van der Waals surface area (Å²) in [6.45, 7) is 1.79. The second-order valence-corrected chi connectivity index (χ2v) is 8.62. The Balaban J connectivity index is 1.60. The fourth-order valence-corrected chi connectivity index (χ4v) is 3.97. The van der Waals surface area contributed by atoms with Crippen LogP contribution in [0.3, 0.4) is 0 Å². The van der Waals surface area contributed by atoms with E-state index in [-0.39, 0.29) is 17.1 Å². The highest BCUT2D eigenvalue weighted by molar-refractivity contribution is 8.00. The molecule has 0 aromatic heterocycles. The zero-order valence-corrected chi connectivity index (χ0v) is 19.8. The number of thioether (sulfide) groups is 1. The van der Waals surface area contributed by atoms with Crippen LogP contribution < -0.4 is 25.8 Å². The van der Waals surface area contributed by atoms with E-state index < -0.39 is 5.91 Å². The highest BCUT2D eigenvalue weighted by Gasteiger charge is 2.19. The summed E-state index contributed by atoms with van der Waals surface area (Å²) >= 11 is 1.38. The van der Waals surface area contributed by atoms with E-state index in [0.717, 1.165) is 4.90 Å². The van der Waals surface area contributed by atoms with Gasteiger partial charge in [0.1, 0.15) is 17.1 Å². The number of primary amides is 1.